The van der Waals surface area contributed by atoms with E-state index >= 15 is 8.78 Å². The van der Waals surface area contributed by atoms with Gasteiger partial charge in [0.2, 0.25) is 5.91 Å². The van der Waals surface area contributed by atoms with Crippen molar-refractivity contribution in [2.24, 2.45) is 5.92 Å². The van der Waals surface area contributed by atoms with Gasteiger partial charge in [0, 0.05) is 27.2 Å². The SMILES string of the molecule is CC(C)(C)OC(=O)N(C(=O)O)c1cc(NC(=O)c2cc(NC(=O)[C@H]3[C@H](c4cc(Cl)cc(Cl)c4)C3(Cl)Cl)ccc2Cl)c(F)c(C(C)(C)C)c1F. The van der Waals surface area contributed by atoms with Crippen LogP contribution in [0.2, 0.25) is 15.1 Å². The molecule has 4 rings (SSSR count). The molecule has 3 aromatic carbocycles. The zero-order valence-electron chi connectivity index (χ0n) is 26.8. The number of carbonyl (C=O) groups excluding carboxylic acids is 3. The Hall–Kier alpha value is -3.35. The highest BCUT2D eigenvalue weighted by Gasteiger charge is 2.67. The van der Waals surface area contributed by atoms with Gasteiger partial charge in [-0.25, -0.2) is 18.4 Å². The summed E-state index contributed by atoms with van der Waals surface area (Å²) in [4.78, 5) is 51.7. The van der Waals surface area contributed by atoms with Crippen LogP contribution in [0.5, 0.6) is 0 Å². The van der Waals surface area contributed by atoms with Crippen molar-refractivity contribution in [3.8, 4) is 0 Å². The van der Waals surface area contributed by atoms with Gasteiger partial charge in [-0.15, -0.1) is 23.2 Å². The van der Waals surface area contributed by atoms with Gasteiger partial charge in [0.25, 0.3) is 5.91 Å². The van der Waals surface area contributed by atoms with Crippen LogP contribution in [0, 0.1) is 17.6 Å². The van der Waals surface area contributed by atoms with Gasteiger partial charge in [-0.2, -0.15) is 4.90 Å². The van der Waals surface area contributed by atoms with Crippen LogP contribution >= 0.6 is 58.0 Å². The third kappa shape index (κ3) is 8.35. The van der Waals surface area contributed by atoms with Gasteiger partial charge in [-0.1, -0.05) is 55.6 Å². The normalized spacial score (nSPS) is 16.8. The minimum Gasteiger partial charge on any atom is -0.464 e. The summed E-state index contributed by atoms with van der Waals surface area (Å²) >= 11 is 31.4. The van der Waals surface area contributed by atoms with Crippen LogP contribution in [-0.4, -0.2) is 39.0 Å². The Balaban J connectivity index is 1.67. The van der Waals surface area contributed by atoms with E-state index in [1.807, 2.05) is 0 Å². The number of amides is 4. The number of benzene rings is 3. The van der Waals surface area contributed by atoms with Crippen LogP contribution < -0.4 is 15.5 Å². The van der Waals surface area contributed by atoms with Crippen molar-refractivity contribution in [2.75, 3.05) is 15.5 Å². The summed E-state index contributed by atoms with van der Waals surface area (Å²) in [5.74, 6) is -5.77. The molecule has 0 bridgehead atoms. The maximum atomic E-state index is 15.9. The summed E-state index contributed by atoms with van der Waals surface area (Å²) in [5.41, 5.74) is -4.23. The Bertz CT molecular complexity index is 1860. The molecule has 0 aromatic heterocycles. The molecule has 262 valence electrons. The second-order valence-corrected chi connectivity index (χ2v) is 16.0. The predicted octanol–water partition coefficient (Wildman–Crippen LogP) is 10.4. The van der Waals surface area contributed by atoms with Gasteiger partial charge in [0.1, 0.15) is 9.93 Å². The predicted molar refractivity (Wildman–Crippen MR) is 187 cm³/mol. The fourth-order valence-electron chi connectivity index (χ4n) is 5.13. The van der Waals surface area contributed by atoms with Crippen LogP contribution in [0.3, 0.4) is 0 Å². The fourth-order valence-corrected chi connectivity index (χ4v) is 6.71. The molecular weight excluding hydrogens is 750 g/mol. The molecule has 9 nitrogen and oxygen atoms in total. The molecule has 16 heteroatoms. The lowest BCUT2D eigenvalue weighted by molar-refractivity contribution is -0.117. The second-order valence-electron chi connectivity index (χ2n) is 13.3. The van der Waals surface area contributed by atoms with E-state index in [1.165, 1.54) is 65.8 Å². The van der Waals surface area contributed by atoms with Gasteiger partial charge in [0.05, 0.1) is 27.9 Å². The smallest absolute Gasteiger partial charge is 0.424 e. The van der Waals surface area contributed by atoms with E-state index in [0.29, 0.717) is 21.7 Å². The third-order valence-electron chi connectivity index (χ3n) is 7.25. The number of halogens is 7. The molecule has 0 unspecified atom stereocenters. The largest absolute Gasteiger partial charge is 0.464 e. The number of nitrogens with zero attached hydrogens (tertiary/aromatic N) is 1. The molecular formula is C33H30Cl5F2N3O6. The Kier molecular flexibility index (Phi) is 10.8. The van der Waals surface area contributed by atoms with Crippen molar-refractivity contribution in [1.29, 1.82) is 0 Å². The van der Waals surface area contributed by atoms with Crippen molar-refractivity contribution < 1.29 is 37.8 Å². The third-order valence-corrected chi connectivity index (χ3v) is 8.95. The van der Waals surface area contributed by atoms with Crippen molar-refractivity contribution in [3.63, 3.8) is 0 Å². The molecule has 1 aliphatic rings. The topological polar surface area (TPSA) is 125 Å². The number of anilines is 3. The van der Waals surface area contributed by atoms with Crippen LogP contribution in [0.1, 0.15) is 68.9 Å². The highest BCUT2D eigenvalue weighted by atomic mass is 35.5. The Morgan fingerprint density at radius 1 is 0.878 bits per heavy atom. The first-order chi connectivity index (χ1) is 22.4. The van der Waals surface area contributed by atoms with Crippen molar-refractivity contribution in [2.45, 2.75) is 62.8 Å². The minimum atomic E-state index is -1.92. The molecule has 4 amide bonds. The molecule has 3 N–H and O–H groups in total. The van der Waals surface area contributed by atoms with Crippen LogP contribution in [-0.2, 0) is 14.9 Å². The number of rotatable bonds is 6. The summed E-state index contributed by atoms with van der Waals surface area (Å²) in [7, 11) is 0. The Morgan fingerprint density at radius 3 is 2.00 bits per heavy atom. The average molecular weight is 780 g/mol. The number of nitrogens with one attached hydrogen (secondary N) is 2. The minimum absolute atomic E-state index is 0.0235. The maximum Gasteiger partial charge on any atom is 0.424 e. The lowest BCUT2D eigenvalue weighted by Gasteiger charge is -2.28. The van der Waals surface area contributed by atoms with E-state index < -0.39 is 79.8 Å². The van der Waals surface area contributed by atoms with E-state index in [0.717, 1.165) is 0 Å². The van der Waals surface area contributed by atoms with E-state index in [2.05, 4.69) is 10.6 Å². The van der Waals surface area contributed by atoms with E-state index in [9.17, 15) is 24.3 Å². The van der Waals surface area contributed by atoms with Gasteiger partial charge in [0.15, 0.2) is 11.6 Å². The van der Waals surface area contributed by atoms with Gasteiger partial charge in [-0.05, 0) is 74.2 Å². The van der Waals surface area contributed by atoms with E-state index in [1.54, 1.807) is 12.1 Å². The molecule has 2 atom stereocenters. The lowest BCUT2D eigenvalue weighted by Crippen LogP contribution is -2.41. The number of carboxylic acid groups (broad SMARTS) is 1. The number of carbonyl (C=O) groups is 4. The number of ether oxygens (including phenoxy) is 1. The molecule has 49 heavy (non-hydrogen) atoms. The first-order valence-electron chi connectivity index (χ1n) is 14.5. The van der Waals surface area contributed by atoms with Crippen LogP contribution in [0.25, 0.3) is 0 Å². The Labute approximate surface area is 305 Å². The second kappa shape index (κ2) is 13.8. The number of hydrogen-bond acceptors (Lipinski definition) is 5. The molecule has 1 aliphatic carbocycles. The quantitative estimate of drug-likeness (QED) is 0.214. The van der Waals surface area contributed by atoms with E-state index in [-0.39, 0.29) is 21.2 Å². The monoisotopic (exact) mass is 777 g/mol. The molecule has 0 radical (unpaired) electrons. The van der Waals surface area contributed by atoms with Gasteiger partial charge >= 0.3 is 12.2 Å². The fraction of sp³-hybridized carbons (Fsp3) is 0.333. The highest BCUT2D eigenvalue weighted by Crippen LogP contribution is 2.65. The van der Waals surface area contributed by atoms with Crippen molar-refractivity contribution in [1.82, 2.24) is 0 Å². The number of imide groups is 1. The molecule has 0 aliphatic heterocycles. The summed E-state index contributed by atoms with van der Waals surface area (Å²) in [6.45, 7) is 8.77. The summed E-state index contributed by atoms with van der Waals surface area (Å²) in [6.07, 6.45) is -3.37. The molecule has 3 aromatic rings. The van der Waals surface area contributed by atoms with E-state index in [4.69, 9.17) is 62.7 Å². The number of alkyl halides is 2. The molecule has 1 fully saturated rings. The first kappa shape index (κ1) is 38.5. The first-order valence-corrected chi connectivity index (χ1v) is 16.4. The zero-order valence-corrected chi connectivity index (χ0v) is 30.6. The average Bonchev–Trinajstić information content (AvgIpc) is 3.51. The lowest BCUT2D eigenvalue weighted by atomic mass is 9.85. The zero-order chi connectivity index (χ0) is 37.0. The van der Waals surface area contributed by atoms with Crippen LogP contribution in [0.15, 0.2) is 42.5 Å². The number of hydrogen-bond donors (Lipinski definition) is 3. The molecule has 1 saturated carbocycles. The summed E-state index contributed by atoms with van der Waals surface area (Å²) in [6, 6.07) is 9.24. The Morgan fingerprint density at radius 2 is 1.47 bits per heavy atom. The van der Waals surface area contributed by atoms with Gasteiger partial charge in [-0.3, -0.25) is 9.59 Å². The van der Waals surface area contributed by atoms with Crippen molar-refractivity contribution >= 4 is 99.1 Å². The maximum absolute atomic E-state index is 15.9. The highest BCUT2D eigenvalue weighted by molar-refractivity contribution is 6.53. The molecule has 0 saturated heterocycles. The summed E-state index contributed by atoms with van der Waals surface area (Å²) < 4.78 is 35.4. The standard InChI is InChI=1S/C33H30Cl5F2N3O6/c1-31(2,3)24-25(39)20(13-21(26(24)40)43(29(46)47)30(48)49-32(4,5)6)42-27(44)18-12-17(7-8-19(18)36)41-28(45)23-22(33(23,37)38)14-9-15(34)11-16(35)10-14/h7-13,22-23H,1-6H3,(H,41,45)(H,42,44)(H,46,47)/t22-,23+/m0/s1. The van der Waals surface area contributed by atoms with Gasteiger partial charge < -0.3 is 20.5 Å². The summed E-state index contributed by atoms with van der Waals surface area (Å²) in [5, 5.41) is 15.3. The van der Waals surface area contributed by atoms with Crippen molar-refractivity contribution in [3.05, 3.63) is 85.9 Å². The molecule has 0 heterocycles. The molecule has 0 spiro atoms. The van der Waals surface area contributed by atoms with Crippen LogP contribution in [0.4, 0.5) is 35.4 Å².